The predicted molar refractivity (Wildman–Crippen MR) is 86.4 cm³/mol. The SMILES string of the molecule is CCC(CC)(C(=O)NC(CC(C)C)CN(C)C)C(N)=NO. The van der Waals surface area contributed by atoms with Crippen molar-refractivity contribution >= 4 is 11.7 Å². The van der Waals surface area contributed by atoms with Crippen LogP contribution in [-0.4, -0.2) is 48.5 Å². The minimum atomic E-state index is -0.934. The van der Waals surface area contributed by atoms with Gasteiger partial charge >= 0.3 is 0 Å². The monoisotopic (exact) mass is 300 g/mol. The summed E-state index contributed by atoms with van der Waals surface area (Å²) >= 11 is 0. The van der Waals surface area contributed by atoms with E-state index < -0.39 is 5.41 Å². The number of hydrogen-bond donors (Lipinski definition) is 3. The van der Waals surface area contributed by atoms with Crippen LogP contribution < -0.4 is 11.1 Å². The molecule has 0 fully saturated rings. The number of nitrogens with zero attached hydrogens (tertiary/aromatic N) is 2. The minimum absolute atomic E-state index is 0.0156. The molecule has 0 aliphatic rings. The number of nitrogens with two attached hydrogens (primary N) is 1. The van der Waals surface area contributed by atoms with Crippen LogP contribution >= 0.6 is 0 Å². The van der Waals surface area contributed by atoms with Crippen molar-refractivity contribution in [3.8, 4) is 0 Å². The highest BCUT2D eigenvalue weighted by molar-refractivity contribution is 6.06. The van der Waals surface area contributed by atoms with Gasteiger partial charge in [0.1, 0.15) is 5.41 Å². The van der Waals surface area contributed by atoms with Crippen molar-refractivity contribution in [2.24, 2.45) is 22.2 Å². The summed E-state index contributed by atoms with van der Waals surface area (Å²) in [5.41, 5.74) is 4.85. The maximum atomic E-state index is 12.7. The molecule has 21 heavy (non-hydrogen) atoms. The molecule has 0 heterocycles. The fourth-order valence-electron chi connectivity index (χ4n) is 2.66. The Morgan fingerprint density at radius 1 is 1.33 bits per heavy atom. The lowest BCUT2D eigenvalue weighted by atomic mass is 9.79. The van der Waals surface area contributed by atoms with Crippen LogP contribution in [-0.2, 0) is 4.79 Å². The summed E-state index contributed by atoms with van der Waals surface area (Å²) in [6.07, 6.45) is 1.90. The van der Waals surface area contributed by atoms with E-state index >= 15 is 0 Å². The molecule has 0 aliphatic carbocycles. The van der Waals surface area contributed by atoms with E-state index in [-0.39, 0.29) is 17.8 Å². The topological polar surface area (TPSA) is 91.0 Å². The first-order valence-electron chi connectivity index (χ1n) is 7.67. The van der Waals surface area contributed by atoms with Gasteiger partial charge in [-0.25, -0.2) is 0 Å². The van der Waals surface area contributed by atoms with E-state index in [2.05, 4.69) is 29.2 Å². The zero-order chi connectivity index (χ0) is 16.6. The Balaban J connectivity index is 5.16. The van der Waals surface area contributed by atoms with Crippen LogP contribution in [0.25, 0.3) is 0 Å². The van der Waals surface area contributed by atoms with E-state index in [0.29, 0.717) is 18.8 Å². The summed E-state index contributed by atoms with van der Waals surface area (Å²) in [6, 6.07) is 0.0523. The average Bonchev–Trinajstić information content (AvgIpc) is 2.38. The first-order chi connectivity index (χ1) is 9.73. The van der Waals surface area contributed by atoms with Crippen LogP contribution in [0.2, 0.25) is 0 Å². The molecule has 0 aromatic heterocycles. The van der Waals surface area contributed by atoms with Crippen molar-refractivity contribution in [2.45, 2.75) is 53.0 Å². The van der Waals surface area contributed by atoms with Gasteiger partial charge < -0.3 is 21.2 Å². The third-order valence-electron chi connectivity index (χ3n) is 3.92. The number of amidine groups is 1. The minimum Gasteiger partial charge on any atom is -0.409 e. The lowest BCUT2D eigenvalue weighted by Gasteiger charge is -2.32. The molecule has 1 atom stereocenters. The van der Waals surface area contributed by atoms with Gasteiger partial charge in [-0.05, 0) is 39.3 Å². The number of nitrogens with one attached hydrogen (secondary N) is 1. The Hall–Kier alpha value is -1.30. The summed E-state index contributed by atoms with van der Waals surface area (Å²) in [7, 11) is 3.96. The van der Waals surface area contributed by atoms with Crippen LogP contribution in [0.4, 0.5) is 0 Å². The van der Waals surface area contributed by atoms with Gasteiger partial charge in [-0.1, -0.05) is 32.9 Å². The first kappa shape index (κ1) is 19.7. The highest BCUT2D eigenvalue weighted by Gasteiger charge is 2.40. The molecule has 0 radical (unpaired) electrons. The molecule has 0 aliphatic heterocycles. The van der Waals surface area contributed by atoms with E-state index in [9.17, 15) is 4.79 Å². The second-order valence-electron chi connectivity index (χ2n) is 6.34. The highest BCUT2D eigenvalue weighted by atomic mass is 16.4. The predicted octanol–water partition coefficient (Wildman–Crippen LogP) is 1.63. The molecule has 4 N–H and O–H groups in total. The molecular formula is C15H32N4O2. The number of carbonyl (C=O) groups excluding carboxylic acids is 1. The van der Waals surface area contributed by atoms with Gasteiger partial charge in [0.2, 0.25) is 5.91 Å². The van der Waals surface area contributed by atoms with E-state index in [4.69, 9.17) is 10.9 Å². The largest absolute Gasteiger partial charge is 0.409 e. The molecule has 0 spiro atoms. The lowest BCUT2D eigenvalue weighted by molar-refractivity contribution is -0.129. The second kappa shape index (κ2) is 8.87. The third-order valence-corrected chi connectivity index (χ3v) is 3.92. The molecule has 1 amide bonds. The quantitative estimate of drug-likeness (QED) is 0.261. The van der Waals surface area contributed by atoms with Crippen LogP contribution in [0.5, 0.6) is 0 Å². The molecular weight excluding hydrogens is 268 g/mol. The van der Waals surface area contributed by atoms with Crippen LogP contribution in [0.3, 0.4) is 0 Å². The molecule has 1 unspecified atom stereocenters. The number of carbonyl (C=O) groups is 1. The molecule has 6 nitrogen and oxygen atoms in total. The van der Waals surface area contributed by atoms with Crippen LogP contribution in [0.15, 0.2) is 5.16 Å². The van der Waals surface area contributed by atoms with E-state index in [1.165, 1.54) is 0 Å². The van der Waals surface area contributed by atoms with Crippen molar-refractivity contribution in [2.75, 3.05) is 20.6 Å². The fraction of sp³-hybridized carbons (Fsp3) is 0.867. The van der Waals surface area contributed by atoms with Crippen LogP contribution in [0.1, 0.15) is 47.0 Å². The normalized spacial score (nSPS) is 14.6. The maximum Gasteiger partial charge on any atom is 0.234 e. The van der Waals surface area contributed by atoms with Gasteiger partial charge in [-0.15, -0.1) is 0 Å². The summed E-state index contributed by atoms with van der Waals surface area (Å²) in [5, 5.41) is 15.1. The highest BCUT2D eigenvalue weighted by Crippen LogP contribution is 2.27. The number of oxime groups is 1. The lowest BCUT2D eigenvalue weighted by Crippen LogP contribution is -2.53. The van der Waals surface area contributed by atoms with Crippen molar-refractivity contribution in [3.05, 3.63) is 0 Å². The molecule has 0 bridgehead atoms. The van der Waals surface area contributed by atoms with Crippen molar-refractivity contribution in [1.82, 2.24) is 10.2 Å². The summed E-state index contributed by atoms with van der Waals surface area (Å²) < 4.78 is 0. The molecule has 0 rings (SSSR count). The van der Waals surface area contributed by atoms with Gasteiger partial charge in [0.15, 0.2) is 5.84 Å². The van der Waals surface area contributed by atoms with E-state index in [0.717, 1.165) is 13.0 Å². The Kier molecular flexibility index (Phi) is 8.32. The first-order valence-corrected chi connectivity index (χ1v) is 7.67. The fourth-order valence-corrected chi connectivity index (χ4v) is 2.66. The van der Waals surface area contributed by atoms with Gasteiger partial charge in [-0.2, -0.15) is 0 Å². The molecule has 0 saturated carbocycles. The van der Waals surface area contributed by atoms with Crippen LogP contribution in [0, 0.1) is 11.3 Å². The van der Waals surface area contributed by atoms with Crippen molar-refractivity contribution in [3.63, 3.8) is 0 Å². The van der Waals surface area contributed by atoms with E-state index in [1.807, 2.05) is 27.9 Å². The smallest absolute Gasteiger partial charge is 0.234 e. The molecule has 0 aromatic carbocycles. The van der Waals surface area contributed by atoms with Crippen molar-refractivity contribution < 1.29 is 10.0 Å². The number of hydrogen-bond acceptors (Lipinski definition) is 4. The standard InChI is InChI=1S/C15H32N4O2/c1-7-15(8-2,13(16)18-21)14(20)17-12(9-11(3)4)10-19(5)6/h11-12,21H,7-10H2,1-6H3,(H2,16,18)(H,17,20). The Morgan fingerprint density at radius 3 is 2.19 bits per heavy atom. The summed E-state index contributed by atoms with van der Waals surface area (Å²) in [5.74, 6) is 0.310. The number of amides is 1. The van der Waals surface area contributed by atoms with E-state index in [1.54, 1.807) is 0 Å². The van der Waals surface area contributed by atoms with Gasteiger partial charge in [-0.3, -0.25) is 4.79 Å². The average molecular weight is 300 g/mol. The molecule has 6 heteroatoms. The molecule has 124 valence electrons. The zero-order valence-corrected chi connectivity index (χ0v) is 14.3. The molecule has 0 aromatic rings. The van der Waals surface area contributed by atoms with Gasteiger partial charge in [0, 0.05) is 12.6 Å². The second-order valence-corrected chi connectivity index (χ2v) is 6.34. The Bertz CT molecular complexity index is 340. The van der Waals surface area contributed by atoms with Crippen molar-refractivity contribution in [1.29, 1.82) is 0 Å². The summed E-state index contributed by atoms with van der Waals surface area (Å²) in [4.78, 5) is 14.8. The van der Waals surface area contributed by atoms with Gasteiger partial charge in [0.25, 0.3) is 0 Å². The number of rotatable bonds is 9. The third kappa shape index (κ3) is 5.53. The molecule has 0 saturated heterocycles. The van der Waals surface area contributed by atoms with Gasteiger partial charge in [0.05, 0.1) is 0 Å². The zero-order valence-electron chi connectivity index (χ0n) is 14.3. The summed E-state index contributed by atoms with van der Waals surface area (Å²) in [6.45, 7) is 8.79. The number of likely N-dealkylation sites (N-methyl/N-ethyl adjacent to an activating group) is 1. The maximum absolute atomic E-state index is 12.7. The Morgan fingerprint density at radius 2 is 1.86 bits per heavy atom. The Labute approximate surface area is 128 Å².